The minimum absolute atomic E-state index is 0.00963. The Morgan fingerprint density at radius 3 is 2.67 bits per heavy atom. The van der Waals surface area contributed by atoms with E-state index in [1.165, 1.54) is 5.56 Å². The van der Waals surface area contributed by atoms with Crippen molar-refractivity contribution in [2.75, 3.05) is 26.3 Å². The minimum Gasteiger partial charge on any atom is -0.381 e. The third-order valence-corrected chi connectivity index (χ3v) is 5.00. The normalized spacial score (nSPS) is 26.9. The lowest BCUT2D eigenvalue weighted by atomic mass is 9.89. The molecule has 1 aromatic carbocycles. The van der Waals surface area contributed by atoms with Crippen LogP contribution in [0.1, 0.15) is 35.5 Å². The van der Waals surface area contributed by atoms with Crippen LogP contribution >= 0.6 is 0 Å². The quantitative estimate of drug-likeness (QED) is 0.864. The van der Waals surface area contributed by atoms with Gasteiger partial charge in [0, 0.05) is 25.6 Å². The first-order valence-corrected chi connectivity index (χ1v) is 8.44. The smallest absolute Gasteiger partial charge is 0.232 e. The van der Waals surface area contributed by atoms with Crippen molar-refractivity contribution in [2.45, 2.75) is 25.2 Å². The van der Waals surface area contributed by atoms with Crippen molar-refractivity contribution in [3.05, 3.63) is 47.6 Å². The van der Waals surface area contributed by atoms with Gasteiger partial charge in [-0.3, -0.25) is 4.79 Å². The van der Waals surface area contributed by atoms with Gasteiger partial charge in [0.2, 0.25) is 11.8 Å². The number of aromatic nitrogens is 2. The van der Waals surface area contributed by atoms with Crippen LogP contribution in [-0.2, 0) is 9.53 Å². The van der Waals surface area contributed by atoms with Crippen LogP contribution in [0.4, 0.5) is 0 Å². The van der Waals surface area contributed by atoms with Gasteiger partial charge in [-0.15, -0.1) is 0 Å². The van der Waals surface area contributed by atoms with Gasteiger partial charge in [-0.2, -0.15) is 4.98 Å². The lowest BCUT2D eigenvalue weighted by Gasteiger charge is -2.19. The molecule has 6 heteroatoms. The van der Waals surface area contributed by atoms with Gasteiger partial charge in [0.1, 0.15) is 0 Å². The average Bonchev–Trinajstić information content (AvgIpc) is 3.35. The monoisotopic (exact) mass is 327 g/mol. The molecule has 0 radical (unpaired) electrons. The molecule has 2 saturated heterocycles. The molecule has 2 aromatic rings. The molecule has 2 aliphatic heterocycles. The number of ether oxygens (including phenoxy) is 1. The molecule has 6 nitrogen and oxygen atoms in total. The predicted molar refractivity (Wildman–Crippen MR) is 86.5 cm³/mol. The summed E-state index contributed by atoms with van der Waals surface area (Å²) >= 11 is 0. The molecule has 4 rings (SSSR count). The highest BCUT2D eigenvalue weighted by Crippen LogP contribution is 2.39. The molecule has 24 heavy (non-hydrogen) atoms. The van der Waals surface area contributed by atoms with E-state index in [4.69, 9.17) is 9.26 Å². The number of nitrogens with zero attached hydrogens (tertiary/aromatic N) is 3. The number of carbonyl (C=O) groups is 1. The molecular formula is C18H21N3O3. The van der Waals surface area contributed by atoms with Gasteiger partial charge in [0.25, 0.3) is 0 Å². The summed E-state index contributed by atoms with van der Waals surface area (Å²) < 4.78 is 10.8. The van der Waals surface area contributed by atoms with Gasteiger partial charge in [-0.05, 0) is 18.9 Å². The van der Waals surface area contributed by atoms with Crippen molar-refractivity contribution in [1.29, 1.82) is 0 Å². The maximum absolute atomic E-state index is 12.8. The fraction of sp³-hybridized carbons (Fsp3) is 0.500. The van der Waals surface area contributed by atoms with E-state index >= 15 is 0 Å². The number of likely N-dealkylation sites (tertiary alicyclic amines) is 1. The number of rotatable bonds is 3. The van der Waals surface area contributed by atoms with Crippen molar-refractivity contribution in [2.24, 2.45) is 5.92 Å². The zero-order valence-corrected chi connectivity index (χ0v) is 13.7. The molecule has 0 saturated carbocycles. The summed E-state index contributed by atoms with van der Waals surface area (Å²) in [7, 11) is 0. The summed E-state index contributed by atoms with van der Waals surface area (Å²) in [5.74, 6) is 1.65. The molecule has 0 unspecified atom stereocenters. The summed E-state index contributed by atoms with van der Waals surface area (Å²) in [6, 6.07) is 10.3. The predicted octanol–water partition coefficient (Wildman–Crippen LogP) is 2.12. The van der Waals surface area contributed by atoms with Crippen molar-refractivity contribution in [3.63, 3.8) is 0 Å². The second kappa shape index (κ2) is 6.36. The first-order chi connectivity index (χ1) is 11.7. The summed E-state index contributed by atoms with van der Waals surface area (Å²) in [6.07, 6.45) is 0.815. The second-order valence-electron chi connectivity index (χ2n) is 6.61. The van der Waals surface area contributed by atoms with Crippen LogP contribution in [0.5, 0.6) is 0 Å². The molecule has 0 N–H and O–H groups in total. The van der Waals surface area contributed by atoms with E-state index < -0.39 is 0 Å². The number of benzene rings is 1. The van der Waals surface area contributed by atoms with E-state index in [2.05, 4.69) is 22.3 Å². The van der Waals surface area contributed by atoms with Crippen molar-refractivity contribution >= 4 is 5.91 Å². The van der Waals surface area contributed by atoms with Crippen LogP contribution in [0, 0.1) is 12.8 Å². The SMILES string of the molecule is Cc1noc([C@@H]2CN(C(=O)[C@@H]3CCOC3)C[C@@H]2c2ccccc2)n1. The molecule has 126 valence electrons. The van der Waals surface area contributed by atoms with Gasteiger partial charge in [0.05, 0.1) is 18.4 Å². The first kappa shape index (κ1) is 15.3. The number of hydrogen-bond acceptors (Lipinski definition) is 5. The first-order valence-electron chi connectivity index (χ1n) is 8.44. The topological polar surface area (TPSA) is 68.5 Å². The molecule has 0 bridgehead atoms. The number of aryl methyl sites for hydroxylation is 1. The highest BCUT2D eigenvalue weighted by molar-refractivity contribution is 5.79. The highest BCUT2D eigenvalue weighted by Gasteiger charge is 2.42. The zero-order chi connectivity index (χ0) is 16.5. The number of carbonyl (C=O) groups excluding carboxylic acids is 1. The van der Waals surface area contributed by atoms with Crippen molar-refractivity contribution in [3.8, 4) is 0 Å². The van der Waals surface area contributed by atoms with Crippen molar-refractivity contribution in [1.82, 2.24) is 15.0 Å². The average molecular weight is 327 g/mol. The molecule has 2 fully saturated rings. The zero-order valence-electron chi connectivity index (χ0n) is 13.7. The largest absolute Gasteiger partial charge is 0.381 e. The second-order valence-corrected chi connectivity index (χ2v) is 6.61. The molecular weight excluding hydrogens is 306 g/mol. The fourth-order valence-corrected chi connectivity index (χ4v) is 3.72. The van der Waals surface area contributed by atoms with Gasteiger partial charge in [-0.1, -0.05) is 35.5 Å². The molecule has 2 aliphatic rings. The minimum atomic E-state index is -0.00963. The maximum atomic E-state index is 12.8. The van der Waals surface area contributed by atoms with Crippen LogP contribution in [0.2, 0.25) is 0 Å². The van der Waals surface area contributed by atoms with E-state index in [1.807, 2.05) is 30.0 Å². The Morgan fingerprint density at radius 1 is 1.21 bits per heavy atom. The van der Waals surface area contributed by atoms with Gasteiger partial charge >= 0.3 is 0 Å². The van der Waals surface area contributed by atoms with E-state index in [1.54, 1.807) is 0 Å². The van der Waals surface area contributed by atoms with Crippen LogP contribution < -0.4 is 0 Å². The van der Waals surface area contributed by atoms with E-state index in [0.717, 1.165) is 6.42 Å². The summed E-state index contributed by atoms with van der Waals surface area (Å²) in [4.78, 5) is 19.2. The Labute approximate surface area is 140 Å². The molecule has 0 spiro atoms. The number of hydrogen-bond donors (Lipinski definition) is 0. The van der Waals surface area contributed by atoms with Crippen LogP contribution in [0.15, 0.2) is 34.9 Å². The van der Waals surface area contributed by atoms with E-state index in [0.29, 0.717) is 38.0 Å². The molecule has 1 aromatic heterocycles. The Kier molecular flexibility index (Phi) is 4.06. The number of amides is 1. The third-order valence-electron chi connectivity index (χ3n) is 5.00. The maximum Gasteiger partial charge on any atom is 0.232 e. The van der Waals surface area contributed by atoms with E-state index in [9.17, 15) is 4.79 Å². The third kappa shape index (κ3) is 2.82. The van der Waals surface area contributed by atoms with Gasteiger partial charge in [-0.25, -0.2) is 0 Å². The van der Waals surface area contributed by atoms with Crippen molar-refractivity contribution < 1.29 is 14.1 Å². The van der Waals surface area contributed by atoms with E-state index in [-0.39, 0.29) is 23.7 Å². The highest BCUT2D eigenvalue weighted by atomic mass is 16.5. The van der Waals surface area contributed by atoms with Crippen LogP contribution in [-0.4, -0.2) is 47.3 Å². The Balaban J connectivity index is 1.61. The van der Waals surface area contributed by atoms with Gasteiger partial charge in [0.15, 0.2) is 5.82 Å². The summed E-state index contributed by atoms with van der Waals surface area (Å²) in [5, 5.41) is 3.93. The summed E-state index contributed by atoms with van der Waals surface area (Å²) in [5.41, 5.74) is 1.20. The van der Waals surface area contributed by atoms with Crippen LogP contribution in [0.25, 0.3) is 0 Å². The summed E-state index contributed by atoms with van der Waals surface area (Å²) in [6.45, 7) is 4.34. The Bertz CT molecular complexity index is 709. The molecule has 3 heterocycles. The lowest BCUT2D eigenvalue weighted by Crippen LogP contribution is -2.34. The Hall–Kier alpha value is -2.21. The molecule has 1 amide bonds. The molecule has 3 atom stereocenters. The lowest BCUT2D eigenvalue weighted by molar-refractivity contribution is -0.134. The Morgan fingerprint density at radius 2 is 2.00 bits per heavy atom. The van der Waals surface area contributed by atoms with Crippen LogP contribution in [0.3, 0.4) is 0 Å². The fourth-order valence-electron chi connectivity index (χ4n) is 3.72. The van der Waals surface area contributed by atoms with Gasteiger partial charge < -0.3 is 14.2 Å². The molecule has 0 aliphatic carbocycles. The standard InChI is InChI=1S/C18H21N3O3/c1-12-19-17(24-20-12)16-10-21(18(22)14-7-8-23-11-14)9-15(16)13-5-3-2-4-6-13/h2-6,14-16H,7-11H2,1H3/t14-,15-,16-/m1/s1.